The lowest BCUT2D eigenvalue weighted by atomic mass is 9.80. The summed E-state index contributed by atoms with van der Waals surface area (Å²) in [6.45, 7) is 3.02. The lowest BCUT2D eigenvalue weighted by molar-refractivity contribution is -0.134. The number of carbonyl (C=O) groups excluding carboxylic acids is 2. The molecule has 0 saturated heterocycles. The Morgan fingerprint density at radius 1 is 1.17 bits per heavy atom. The van der Waals surface area contributed by atoms with Crippen molar-refractivity contribution >= 4 is 11.8 Å². The van der Waals surface area contributed by atoms with Crippen LogP contribution in [0.4, 0.5) is 8.78 Å². The van der Waals surface area contributed by atoms with Gasteiger partial charge in [-0.05, 0) is 25.8 Å². The van der Waals surface area contributed by atoms with Crippen molar-refractivity contribution in [2.75, 3.05) is 0 Å². The van der Waals surface area contributed by atoms with Crippen LogP contribution in [0.15, 0.2) is 18.2 Å². The Morgan fingerprint density at radius 2 is 1.83 bits per heavy atom. The Morgan fingerprint density at radius 3 is 2.39 bits per heavy atom. The Kier molecular flexibility index (Phi) is 5.34. The third-order valence-corrected chi connectivity index (χ3v) is 4.33. The zero-order valence-corrected chi connectivity index (χ0v) is 13.4. The molecule has 4 nitrogen and oxygen atoms in total. The molecule has 0 radical (unpaired) electrons. The second-order valence-electron chi connectivity index (χ2n) is 6.18. The first-order valence-electron chi connectivity index (χ1n) is 7.89. The molecule has 1 atom stereocenters. The number of nitrogens with one attached hydrogen (secondary N) is 2. The summed E-state index contributed by atoms with van der Waals surface area (Å²) < 4.78 is 26.8. The summed E-state index contributed by atoms with van der Waals surface area (Å²) >= 11 is 0. The van der Waals surface area contributed by atoms with Gasteiger partial charge in [0.15, 0.2) is 0 Å². The Labute approximate surface area is 134 Å². The van der Waals surface area contributed by atoms with Gasteiger partial charge in [-0.25, -0.2) is 8.78 Å². The van der Waals surface area contributed by atoms with E-state index in [1.807, 2.05) is 0 Å². The standard InChI is InChI=1S/C17H22F2N2O2/c1-11(14-7-6-13(18)10-15(14)19)20-16(23)17(21-12(2)22)8-4-3-5-9-17/h6-7,10-11H,3-5,8-9H2,1-2H3,(H,20,23)(H,21,22)/t11-/m1/s1. The highest BCUT2D eigenvalue weighted by Gasteiger charge is 2.40. The zero-order valence-electron chi connectivity index (χ0n) is 13.4. The SMILES string of the molecule is CC(=O)NC1(C(=O)N[C@H](C)c2ccc(F)cc2F)CCCCC1. The fourth-order valence-electron chi connectivity index (χ4n) is 3.17. The number of halogens is 2. The van der Waals surface area contributed by atoms with Gasteiger partial charge in [0.05, 0.1) is 6.04 Å². The lowest BCUT2D eigenvalue weighted by Crippen LogP contribution is -2.59. The fourth-order valence-corrected chi connectivity index (χ4v) is 3.17. The molecule has 1 aromatic carbocycles. The summed E-state index contributed by atoms with van der Waals surface area (Å²) in [6.07, 6.45) is 3.87. The van der Waals surface area contributed by atoms with E-state index in [9.17, 15) is 18.4 Å². The first-order chi connectivity index (χ1) is 10.8. The van der Waals surface area contributed by atoms with Crippen molar-refractivity contribution < 1.29 is 18.4 Å². The molecular weight excluding hydrogens is 302 g/mol. The minimum Gasteiger partial charge on any atom is -0.347 e. The van der Waals surface area contributed by atoms with Crippen molar-refractivity contribution in [3.63, 3.8) is 0 Å². The number of benzene rings is 1. The van der Waals surface area contributed by atoms with Gasteiger partial charge < -0.3 is 10.6 Å². The summed E-state index contributed by atoms with van der Waals surface area (Å²) in [5.41, 5.74) is -0.719. The molecule has 23 heavy (non-hydrogen) atoms. The molecule has 6 heteroatoms. The van der Waals surface area contributed by atoms with Gasteiger partial charge >= 0.3 is 0 Å². The van der Waals surface area contributed by atoms with E-state index in [2.05, 4.69) is 10.6 Å². The zero-order chi connectivity index (χ0) is 17.0. The van der Waals surface area contributed by atoms with E-state index in [4.69, 9.17) is 0 Å². The Hall–Kier alpha value is -1.98. The first kappa shape index (κ1) is 17.4. The maximum atomic E-state index is 13.8. The van der Waals surface area contributed by atoms with Gasteiger partial charge in [-0.2, -0.15) is 0 Å². The summed E-state index contributed by atoms with van der Waals surface area (Å²) in [7, 11) is 0. The van der Waals surface area contributed by atoms with Gasteiger partial charge in [-0.15, -0.1) is 0 Å². The lowest BCUT2D eigenvalue weighted by Gasteiger charge is -2.37. The van der Waals surface area contributed by atoms with Crippen LogP contribution in [0.25, 0.3) is 0 Å². The van der Waals surface area contributed by atoms with E-state index in [1.54, 1.807) is 6.92 Å². The van der Waals surface area contributed by atoms with Gasteiger partial charge in [0.1, 0.15) is 17.2 Å². The maximum absolute atomic E-state index is 13.8. The molecule has 0 spiro atoms. The molecule has 2 amide bonds. The van der Waals surface area contributed by atoms with E-state index >= 15 is 0 Å². The topological polar surface area (TPSA) is 58.2 Å². The average Bonchev–Trinajstić information content (AvgIpc) is 2.47. The van der Waals surface area contributed by atoms with Gasteiger partial charge in [0, 0.05) is 18.6 Å². The smallest absolute Gasteiger partial charge is 0.246 e. The molecule has 0 unspecified atom stereocenters. The van der Waals surface area contributed by atoms with Gasteiger partial charge in [0.2, 0.25) is 11.8 Å². The molecule has 0 bridgehead atoms. The maximum Gasteiger partial charge on any atom is 0.246 e. The Bertz CT molecular complexity index is 598. The average molecular weight is 324 g/mol. The highest BCUT2D eigenvalue weighted by atomic mass is 19.1. The molecule has 1 aromatic rings. The van der Waals surface area contributed by atoms with Gasteiger partial charge in [-0.3, -0.25) is 9.59 Å². The van der Waals surface area contributed by atoms with E-state index < -0.39 is 23.2 Å². The molecule has 1 aliphatic rings. The highest BCUT2D eigenvalue weighted by Crippen LogP contribution is 2.29. The molecule has 2 N–H and O–H groups in total. The predicted octanol–water partition coefficient (Wildman–Crippen LogP) is 2.98. The van der Waals surface area contributed by atoms with E-state index in [-0.39, 0.29) is 17.4 Å². The molecule has 1 fully saturated rings. The third-order valence-electron chi connectivity index (χ3n) is 4.33. The fraction of sp³-hybridized carbons (Fsp3) is 0.529. The number of hydrogen-bond donors (Lipinski definition) is 2. The summed E-state index contributed by atoms with van der Waals surface area (Å²) in [6, 6.07) is 2.66. The second-order valence-corrected chi connectivity index (χ2v) is 6.18. The van der Waals surface area contributed by atoms with Crippen molar-refractivity contribution in [3.05, 3.63) is 35.4 Å². The van der Waals surface area contributed by atoms with Crippen LogP contribution in [0.1, 0.15) is 57.6 Å². The van der Waals surface area contributed by atoms with Crippen LogP contribution < -0.4 is 10.6 Å². The summed E-state index contributed by atoms with van der Waals surface area (Å²) in [4.78, 5) is 24.2. The van der Waals surface area contributed by atoms with Crippen LogP contribution >= 0.6 is 0 Å². The predicted molar refractivity (Wildman–Crippen MR) is 82.5 cm³/mol. The van der Waals surface area contributed by atoms with E-state index in [0.717, 1.165) is 31.4 Å². The molecule has 1 saturated carbocycles. The molecule has 126 valence electrons. The minimum atomic E-state index is -0.936. The van der Waals surface area contributed by atoms with Crippen LogP contribution in [0, 0.1) is 11.6 Å². The minimum absolute atomic E-state index is 0.216. The Balaban J connectivity index is 2.15. The number of carbonyl (C=O) groups is 2. The van der Waals surface area contributed by atoms with Crippen molar-refractivity contribution in [2.24, 2.45) is 0 Å². The van der Waals surface area contributed by atoms with E-state index in [1.165, 1.54) is 13.0 Å². The molecule has 0 aromatic heterocycles. The van der Waals surface area contributed by atoms with Crippen molar-refractivity contribution in [2.45, 2.75) is 57.5 Å². The third kappa shape index (κ3) is 4.06. The van der Waals surface area contributed by atoms with Crippen LogP contribution in [0.3, 0.4) is 0 Å². The summed E-state index contributed by atoms with van der Waals surface area (Å²) in [5, 5.41) is 5.53. The molecule has 0 aliphatic heterocycles. The van der Waals surface area contributed by atoms with Crippen LogP contribution in [-0.2, 0) is 9.59 Å². The summed E-state index contributed by atoms with van der Waals surface area (Å²) in [5.74, 6) is -1.94. The molecular formula is C17H22F2N2O2. The second kappa shape index (κ2) is 7.06. The van der Waals surface area contributed by atoms with Crippen LogP contribution in [0.5, 0.6) is 0 Å². The molecule has 1 aliphatic carbocycles. The van der Waals surface area contributed by atoms with Crippen molar-refractivity contribution in [1.82, 2.24) is 10.6 Å². The number of hydrogen-bond acceptors (Lipinski definition) is 2. The van der Waals surface area contributed by atoms with Crippen LogP contribution in [0.2, 0.25) is 0 Å². The molecule has 0 heterocycles. The number of amides is 2. The monoisotopic (exact) mass is 324 g/mol. The first-order valence-corrected chi connectivity index (χ1v) is 7.89. The van der Waals surface area contributed by atoms with Crippen molar-refractivity contribution in [1.29, 1.82) is 0 Å². The van der Waals surface area contributed by atoms with E-state index in [0.29, 0.717) is 12.8 Å². The quantitative estimate of drug-likeness (QED) is 0.894. The highest BCUT2D eigenvalue weighted by molar-refractivity contribution is 5.91. The van der Waals surface area contributed by atoms with Crippen LogP contribution in [-0.4, -0.2) is 17.4 Å². The van der Waals surface area contributed by atoms with Gasteiger partial charge in [0.25, 0.3) is 0 Å². The van der Waals surface area contributed by atoms with Crippen molar-refractivity contribution in [3.8, 4) is 0 Å². The largest absolute Gasteiger partial charge is 0.347 e. The van der Waals surface area contributed by atoms with Gasteiger partial charge in [-0.1, -0.05) is 25.3 Å². The molecule has 2 rings (SSSR count). The normalized spacial score (nSPS) is 18.1. The number of rotatable bonds is 4.